The van der Waals surface area contributed by atoms with Gasteiger partial charge in [0.2, 0.25) is 10.0 Å². The van der Waals surface area contributed by atoms with Gasteiger partial charge in [0.25, 0.3) is 0 Å². The molecule has 0 aliphatic carbocycles. The second kappa shape index (κ2) is 5.64. The van der Waals surface area contributed by atoms with E-state index in [9.17, 15) is 17.6 Å². The predicted molar refractivity (Wildman–Crippen MR) is 63.5 cm³/mol. The van der Waals surface area contributed by atoms with Crippen molar-refractivity contribution in [3.05, 3.63) is 29.0 Å². The van der Waals surface area contributed by atoms with Crippen LogP contribution in [0.3, 0.4) is 0 Å². The average Bonchev–Trinajstić information content (AvgIpc) is 2.28. The van der Waals surface area contributed by atoms with Gasteiger partial charge in [-0.15, -0.1) is 0 Å². The number of halogens is 2. The summed E-state index contributed by atoms with van der Waals surface area (Å²) in [4.78, 5) is 9.80. The molecule has 8 heteroatoms. The maximum Gasteiger partial charge on any atom is 0.304 e. The van der Waals surface area contributed by atoms with Crippen LogP contribution in [-0.4, -0.2) is 37.4 Å². The van der Waals surface area contributed by atoms with Crippen LogP contribution in [0.15, 0.2) is 23.1 Å². The van der Waals surface area contributed by atoms with Crippen molar-refractivity contribution >= 4 is 27.6 Å². The van der Waals surface area contributed by atoms with Crippen molar-refractivity contribution in [2.45, 2.75) is 11.3 Å². The molecule has 0 atom stereocenters. The Morgan fingerprint density at radius 1 is 1.50 bits per heavy atom. The van der Waals surface area contributed by atoms with Gasteiger partial charge in [0.15, 0.2) is 0 Å². The molecule has 0 bridgehead atoms. The third-order valence-electron chi connectivity index (χ3n) is 2.22. The lowest BCUT2D eigenvalue weighted by atomic mass is 10.3. The van der Waals surface area contributed by atoms with E-state index in [0.29, 0.717) is 0 Å². The van der Waals surface area contributed by atoms with Crippen LogP contribution in [0.25, 0.3) is 0 Å². The molecule has 0 radical (unpaired) electrons. The normalized spacial score (nSPS) is 11.8. The maximum atomic E-state index is 13.4. The Hall–Kier alpha value is -1.18. The molecule has 1 aromatic carbocycles. The third-order valence-corrected chi connectivity index (χ3v) is 4.33. The summed E-state index contributed by atoms with van der Waals surface area (Å²) in [6.07, 6.45) is -0.363. The van der Waals surface area contributed by atoms with Gasteiger partial charge < -0.3 is 5.11 Å². The molecule has 0 aliphatic rings. The molecular formula is C10H11ClFNO4S. The van der Waals surface area contributed by atoms with Crippen LogP contribution in [0.5, 0.6) is 0 Å². The first-order chi connectivity index (χ1) is 8.25. The summed E-state index contributed by atoms with van der Waals surface area (Å²) in [6.45, 7) is -0.246. The number of hydrogen-bond acceptors (Lipinski definition) is 3. The van der Waals surface area contributed by atoms with Crippen LogP contribution in [0.2, 0.25) is 5.02 Å². The molecule has 18 heavy (non-hydrogen) atoms. The molecule has 0 saturated heterocycles. The lowest BCUT2D eigenvalue weighted by Gasteiger charge is -2.16. The highest BCUT2D eigenvalue weighted by molar-refractivity contribution is 7.89. The molecular weight excluding hydrogens is 285 g/mol. The molecule has 1 N–H and O–H groups in total. The fraction of sp³-hybridized carbons (Fsp3) is 0.300. The number of hydrogen-bond donors (Lipinski definition) is 1. The van der Waals surface area contributed by atoms with Crippen LogP contribution < -0.4 is 0 Å². The van der Waals surface area contributed by atoms with Gasteiger partial charge in [-0.25, -0.2) is 17.1 Å². The molecule has 0 aromatic heterocycles. The number of carbonyl (C=O) groups is 1. The van der Waals surface area contributed by atoms with Crippen molar-refractivity contribution in [3.63, 3.8) is 0 Å². The van der Waals surface area contributed by atoms with E-state index in [4.69, 9.17) is 16.7 Å². The van der Waals surface area contributed by atoms with Gasteiger partial charge in [0.1, 0.15) is 10.7 Å². The first-order valence-corrected chi connectivity index (χ1v) is 6.70. The van der Waals surface area contributed by atoms with E-state index in [-0.39, 0.29) is 18.0 Å². The molecule has 1 rings (SSSR count). The number of carboxylic acid groups (broad SMARTS) is 1. The Balaban J connectivity index is 3.05. The highest BCUT2D eigenvalue weighted by Crippen LogP contribution is 2.22. The van der Waals surface area contributed by atoms with Crippen molar-refractivity contribution < 1.29 is 22.7 Å². The van der Waals surface area contributed by atoms with Crippen molar-refractivity contribution in [1.29, 1.82) is 0 Å². The van der Waals surface area contributed by atoms with Gasteiger partial charge in [-0.3, -0.25) is 4.79 Å². The zero-order valence-electron chi connectivity index (χ0n) is 9.43. The van der Waals surface area contributed by atoms with Crippen molar-refractivity contribution in [3.8, 4) is 0 Å². The van der Waals surface area contributed by atoms with E-state index in [2.05, 4.69) is 0 Å². The minimum atomic E-state index is -4.08. The summed E-state index contributed by atoms with van der Waals surface area (Å²) in [7, 11) is -2.90. The molecule has 0 fully saturated rings. The van der Waals surface area contributed by atoms with Crippen molar-refractivity contribution in [2.75, 3.05) is 13.6 Å². The van der Waals surface area contributed by atoms with Gasteiger partial charge in [0, 0.05) is 18.6 Å². The summed E-state index contributed by atoms with van der Waals surface area (Å²) >= 11 is 5.61. The lowest BCUT2D eigenvalue weighted by Crippen LogP contribution is -2.29. The van der Waals surface area contributed by atoms with Crippen LogP contribution in [0.1, 0.15) is 6.42 Å². The summed E-state index contributed by atoms with van der Waals surface area (Å²) in [5.41, 5.74) is 0. The van der Waals surface area contributed by atoms with Crippen molar-refractivity contribution in [1.82, 2.24) is 4.31 Å². The lowest BCUT2D eigenvalue weighted by molar-refractivity contribution is -0.137. The standard InChI is InChI=1S/C10H11ClFNO4S/c1-13(5-4-10(14)15)18(16,17)9-6-7(11)2-3-8(9)12/h2-3,6H,4-5H2,1H3,(H,14,15). The Morgan fingerprint density at radius 3 is 2.67 bits per heavy atom. The number of benzene rings is 1. The fourth-order valence-corrected chi connectivity index (χ4v) is 2.71. The maximum absolute atomic E-state index is 13.4. The van der Waals surface area contributed by atoms with Gasteiger partial charge in [-0.05, 0) is 18.2 Å². The first kappa shape index (κ1) is 14.9. The molecule has 0 heterocycles. The number of aliphatic carboxylic acids is 1. The van der Waals surface area contributed by atoms with E-state index in [1.807, 2.05) is 0 Å². The van der Waals surface area contributed by atoms with E-state index in [1.54, 1.807) is 0 Å². The van der Waals surface area contributed by atoms with Crippen LogP contribution in [0.4, 0.5) is 4.39 Å². The molecule has 100 valence electrons. The summed E-state index contributed by atoms with van der Waals surface area (Å²) in [6, 6.07) is 3.16. The molecule has 5 nitrogen and oxygen atoms in total. The molecule has 0 saturated carbocycles. The highest BCUT2D eigenvalue weighted by Gasteiger charge is 2.25. The fourth-order valence-electron chi connectivity index (χ4n) is 1.22. The van der Waals surface area contributed by atoms with E-state index in [1.165, 1.54) is 13.1 Å². The SMILES string of the molecule is CN(CCC(=O)O)S(=O)(=O)c1cc(Cl)ccc1F. The average molecular weight is 296 g/mol. The van der Waals surface area contributed by atoms with E-state index in [0.717, 1.165) is 16.4 Å². The summed E-state index contributed by atoms with van der Waals surface area (Å²) in [5, 5.41) is 8.57. The minimum absolute atomic E-state index is 0.0848. The monoisotopic (exact) mass is 295 g/mol. The zero-order chi connectivity index (χ0) is 13.9. The van der Waals surface area contributed by atoms with Gasteiger partial charge in [-0.1, -0.05) is 11.6 Å². The van der Waals surface area contributed by atoms with Crippen LogP contribution in [-0.2, 0) is 14.8 Å². The van der Waals surface area contributed by atoms with E-state index >= 15 is 0 Å². The Bertz CT molecular complexity index is 561. The second-order valence-corrected chi connectivity index (χ2v) is 5.99. The molecule has 0 spiro atoms. The first-order valence-electron chi connectivity index (χ1n) is 4.88. The quantitative estimate of drug-likeness (QED) is 0.895. The number of nitrogens with zero attached hydrogens (tertiary/aromatic N) is 1. The predicted octanol–water partition coefficient (Wildman–Crippen LogP) is 1.57. The highest BCUT2D eigenvalue weighted by atomic mass is 35.5. The minimum Gasteiger partial charge on any atom is -0.481 e. The van der Waals surface area contributed by atoms with Gasteiger partial charge >= 0.3 is 5.97 Å². The molecule has 0 amide bonds. The molecule has 0 aliphatic heterocycles. The molecule has 1 aromatic rings. The summed E-state index contributed by atoms with van der Waals surface area (Å²) < 4.78 is 38.1. The number of sulfonamides is 1. The van der Waals surface area contributed by atoms with Crippen LogP contribution in [0, 0.1) is 5.82 Å². The Kier molecular flexibility index (Phi) is 4.66. The molecule has 0 unspecified atom stereocenters. The topological polar surface area (TPSA) is 74.7 Å². The van der Waals surface area contributed by atoms with E-state index < -0.39 is 26.7 Å². The number of carboxylic acids is 1. The zero-order valence-corrected chi connectivity index (χ0v) is 11.0. The second-order valence-electron chi connectivity index (χ2n) is 3.55. The largest absolute Gasteiger partial charge is 0.481 e. The smallest absolute Gasteiger partial charge is 0.304 e. The third kappa shape index (κ3) is 3.41. The summed E-state index contributed by atoms with van der Waals surface area (Å²) in [5.74, 6) is -2.06. The van der Waals surface area contributed by atoms with Gasteiger partial charge in [0.05, 0.1) is 6.42 Å². The van der Waals surface area contributed by atoms with Crippen molar-refractivity contribution in [2.24, 2.45) is 0 Å². The Morgan fingerprint density at radius 2 is 2.11 bits per heavy atom. The number of rotatable bonds is 5. The van der Waals surface area contributed by atoms with Gasteiger partial charge in [-0.2, -0.15) is 0 Å². The van der Waals surface area contributed by atoms with Crippen LogP contribution >= 0.6 is 11.6 Å². The Labute approximate surface area is 109 Å².